The molecule has 5 rings (SSSR count). The van der Waals surface area contributed by atoms with Gasteiger partial charge in [-0.3, -0.25) is 14.4 Å². The van der Waals surface area contributed by atoms with Crippen molar-refractivity contribution < 1.29 is 27.9 Å². The van der Waals surface area contributed by atoms with Gasteiger partial charge in [-0.25, -0.2) is 14.6 Å². The molecule has 0 bridgehead atoms. The van der Waals surface area contributed by atoms with Gasteiger partial charge in [-0.1, -0.05) is 75.0 Å². The molecule has 1 saturated carbocycles. The minimum Gasteiger partial charge on any atom is -0.495 e. The number of carbonyl (C=O) groups is 3. The van der Waals surface area contributed by atoms with Crippen LogP contribution >= 0.6 is 23.2 Å². The number of nitrogens with two attached hydrogens (primary N) is 1. The van der Waals surface area contributed by atoms with Crippen LogP contribution in [0, 0.1) is 33.8 Å². The van der Waals surface area contributed by atoms with E-state index in [9.17, 15) is 19.6 Å². The molecule has 1 saturated heterocycles. The quantitative estimate of drug-likeness (QED) is 0.0662. The Morgan fingerprint density at radius 3 is 2.42 bits per heavy atom. The van der Waals surface area contributed by atoms with Gasteiger partial charge >= 0.3 is 0 Å². The van der Waals surface area contributed by atoms with E-state index in [1.807, 2.05) is 20.8 Å². The number of nitriles is 1. The summed E-state index contributed by atoms with van der Waals surface area (Å²) in [6.07, 6.45) is 5.13. The molecule has 59 heavy (non-hydrogen) atoms. The van der Waals surface area contributed by atoms with Crippen molar-refractivity contribution in [2.75, 3.05) is 12.4 Å². The second-order valence-corrected chi connectivity index (χ2v) is 17.5. The number of hydrogen-bond acceptors (Lipinski definition) is 8. The molecule has 1 heterocycles. The zero-order chi connectivity index (χ0) is 43.2. The maximum Gasteiger partial charge on any atom is 0.250 e. The molecule has 1 radical (unpaired) electrons. The van der Waals surface area contributed by atoms with E-state index in [1.165, 1.54) is 44.4 Å². The van der Waals surface area contributed by atoms with Gasteiger partial charge in [-0.05, 0) is 91.4 Å². The fraction of sp³-hybridized carbons (Fsp3) is 0.442. The summed E-state index contributed by atoms with van der Waals surface area (Å²) in [4.78, 5) is 39.1. The zero-order valence-corrected chi connectivity index (χ0v) is 35.6. The first kappa shape index (κ1) is 45.4. The lowest BCUT2D eigenvalue weighted by Gasteiger charge is -2.37. The Morgan fingerprint density at radius 2 is 1.80 bits per heavy atom. The van der Waals surface area contributed by atoms with Gasteiger partial charge in [-0.15, -0.1) is 0 Å². The molecule has 3 aromatic rings. The van der Waals surface area contributed by atoms with E-state index >= 15 is 8.78 Å². The van der Waals surface area contributed by atoms with Crippen molar-refractivity contribution in [1.29, 1.82) is 5.26 Å². The zero-order valence-electron chi connectivity index (χ0n) is 34.1. The highest BCUT2D eigenvalue weighted by Crippen LogP contribution is 2.52. The molecule has 313 valence electrons. The Morgan fingerprint density at radius 1 is 1.08 bits per heavy atom. The first-order chi connectivity index (χ1) is 27.8. The number of ether oxygens (including phenoxy) is 1. The molecule has 2 aliphatic rings. The van der Waals surface area contributed by atoms with Crippen LogP contribution in [0.3, 0.4) is 0 Å². The smallest absolute Gasteiger partial charge is 0.250 e. The van der Waals surface area contributed by atoms with Gasteiger partial charge in [0, 0.05) is 47.4 Å². The summed E-state index contributed by atoms with van der Waals surface area (Å²) in [5.41, 5.74) is -0.495. The number of anilines is 1. The Balaban J connectivity index is 1.36. The molecule has 1 aliphatic carbocycles. The highest BCUT2D eigenvalue weighted by molar-refractivity contribution is 6.40. The Hall–Kier alpha value is -4.68. The summed E-state index contributed by atoms with van der Waals surface area (Å²) >= 11 is 12.4. The van der Waals surface area contributed by atoms with E-state index in [-0.39, 0.29) is 73.7 Å². The predicted octanol–water partition coefficient (Wildman–Crippen LogP) is 7.78. The van der Waals surface area contributed by atoms with E-state index < -0.39 is 41.0 Å². The van der Waals surface area contributed by atoms with E-state index in [0.717, 1.165) is 31.7 Å². The normalized spacial score (nSPS) is 23.2. The van der Waals surface area contributed by atoms with E-state index in [0.29, 0.717) is 12.1 Å². The van der Waals surface area contributed by atoms with Gasteiger partial charge in [0.1, 0.15) is 17.4 Å². The fourth-order valence-electron chi connectivity index (χ4n) is 8.30. The molecular weight excluding hydrogens is 798 g/mol. The summed E-state index contributed by atoms with van der Waals surface area (Å²) in [6.45, 7) is 9.17. The Labute approximate surface area is 355 Å². The molecule has 0 spiro atoms. The molecule has 11 nitrogen and oxygen atoms in total. The number of nitrogens with one attached hydrogen (secondary N) is 4. The lowest BCUT2D eigenvalue weighted by Crippen LogP contribution is -2.43. The van der Waals surface area contributed by atoms with Crippen LogP contribution in [0.15, 0.2) is 66.5 Å². The van der Waals surface area contributed by atoms with E-state index in [1.54, 1.807) is 43.7 Å². The molecule has 1 aliphatic heterocycles. The van der Waals surface area contributed by atoms with Crippen molar-refractivity contribution in [1.82, 2.24) is 20.9 Å². The number of benzene rings is 3. The largest absolute Gasteiger partial charge is 0.495 e. The maximum atomic E-state index is 16.1. The molecule has 4 atom stereocenters. The fourth-order valence-corrected chi connectivity index (χ4v) is 8.64. The van der Waals surface area contributed by atoms with Crippen LogP contribution in [-0.4, -0.2) is 55.4 Å². The van der Waals surface area contributed by atoms with E-state index in [4.69, 9.17) is 33.8 Å². The van der Waals surface area contributed by atoms with Crippen molar-refractivity contribution in [3.63, 3.8) is 0 Å². The number of amides is 3. The Bertz CT molecular complexity index is 2120. The number of nitrogens with zero attached hydrogens (tertiary/aromatic N) is 2. The van der Waals surface area contributed by atoms with E-state index in [2.05, 4.69) is 27.2 Å². The van der Waals surface area contributed by atoms with Gasteiger partial charge < -0.3 is 30.9 Å². The average molecular weight is 850 g/mol. The molecule has 3 aromatic carbocycles. The molecule has 6 N–H and O–H groups in total. The standard InChI is InChI=1S/C43H51BCl2F2N7O4/c1-24(51-25(2)56)22-55(50)30-15-12-28(13-16-30)44-54-40(57)26-11-17-34(35(18-26)59-6)52-41(58)39-37(31-8-7-9-32(46)38(31)48)43(23-49,36(53-39)21-42(3,4)5)20-27-10-14-29(45)19-33(27)47/h7-11,14,17-19,22,28,30,36-37,39,53H,12-13,15-16,20-21,50H2,1-6H3,(H,51,56)(H,52,58)(H,54,57)/b24-22+/t28?,30?,36-,37-,39+,43+/m0/s1. The summed E-state index contributed by atoms with van der Waals surface area (Å²) in [5, 5.41) is 24.6. The minimum absolute atomic E-state index is 0.0375. The Kier molecular flexibility index (Phi) is 14.7. The third kappa shape index (κ3) is 10.9. The molecule has 0 aromatic heterocycles. The van der Waals surface area contributed by atoms with Crippen molar-refractivity contribution in [2.45, 2.75) is 103 Å². The first-order valence-corrected chi connectivity index (χ1v) is 20.3. The SMILES string of the molecule is COc1cc(C(=O)N[B]C2CCC(N(N)/C=C(\C)NC(C)=O)CC2)ccc1NC(=O)[C@@H]1N[C@@H](CC(C)(C)C)[C@](C#N)(Cc2ccc(Cl)cc2F)[C@H]1c1cccc(Cl)c1F. The van der Waals surface area contributed by atoms with Gasteiger partial charge in [0.2, 0.25) is 25.1 Å². The second-order valence-electron chi connectivity index (χ2n) is 16.7. The second kappa shape index (κ2) is 19.1. The number of carbonyl (C=O) groups excluding carboxylic acids is 3. The lowest BCUT2D eigenvalue weighted by atomic mass is 9.63. The van der Waals surface area contributed by atoms with Gasteiger partial charge in [0.05, 0.1) is 35.3 Å². The monoisotopic (exact) mass is 848 g/mol. The van der Waals surface area contributed by atoms with Crippen LogP contribution in [0.5, 0.6) is 5.75 Å². The highest BCUT2D eigenvalue weighted by Gasteiger charge is 2.59. The first-order valence-electron chi connectivity index (χ1n) is 19.5. The third-order valence-corrected chi connectivity index (χ3v) is 11.6. The molecular formula is C43H51BCl2F2N7O4. The highest BCUT2D eigenvalue weighted by atomic mass is 35.5. The van der Waals surface area contributed by atoms with Crippen LogP contribution in [0.2, 0.25) is 15.9 Å². The van der Waals surface area contributed by atoms with Crippen molar-refractivity contribution >= 4 is 54.0 Å². The van der Waals surface area contributed by atoms with Crippen LogP contribution in [0.1, 0.15) is 94.1 Å². The third-order valence-electron chi connectivity index (χ3n) is 11.1. The number of methoxy groups -OCH3 is 1. The summed E-state index contributed by atoms with van der Waals surface area (Å²) in [7, 11) is 3.19. The van der Waals surface area contributed by atoms with Gasteiger partial charge in [0.15, 0.2) is 0 Å². The van der Waals surface area contributed by atoms with Crippen molar-refractivity contribution in [2.24, 2.45) is 16.7 Å². The minimum atomic E-state index is -1.54. The lowest BCUT2D eigenvalue weighted by molar-refractivity contribution is -0.119. The molecule has 16 heteroatoms. The average Bonchev–Trinajstić information content (AvgIpc) is 3.47. The van der Waals surface area contributed by atoms with Crippen LogP contribution < -0.4 is 31.8 Å². The molecule has 0 unspecified atom stereocenters. The van der Waals surface area contributed by atoms with Crippen LogP contribution in [0.25, 0.3) is 0 Å². The topological polar surface area (TPSA) is 162 Å². The van der Waals surface area contributed by atoms with Crippen LogP contribution in [0.4, 0.5) is 14.5 Å². The molecule has 2 fully saturated rings. The number of hydrazine groups is 1. The van der Waals surface area contributed by atoms with Crippen molar-refractivity contribution in [3.8, 4) is 11.8 Å². The summed E-state index contributed by atoms with van der Waals surface area (Å²) in [5.74, 6) is 2.88. The maximum absolute atomic E-state index is 16.1. The summed E-state index contributed by atoms with van der Waals surface area (Å²) in [6, 6.07) is 13.9. The van der Waals surface area contributed by atoms with Crippen LogP contribution in [-0.2, 0) is 16.0 Å². The predicted molar refractivity (Wildman–Crippen MR) is 227 cm³/mol. The number of rotatable bonds is 13. The van der Waals surface area contributed by atoms with Gasteiger partial charge in [-0.2, -0.15) is 5.26 Å². The number of halogens is 4. The number of hydrogen-bond donors (Lipinski definition) is 5. The number of allylic oxidation sites excluding steroid dienone is 1. The van der Waals surface area contributed by atoms with Gasteiger partial charge in [0.25, 0.3) is 0 Å². The van der Waals surface area contributed by atoms with Crippen molar-refractivity contribution in [3.05, 3.63) is 105 Å². The molecule has 3 amide bonds. The summed E-state index contributed by atoms with van der Waals surface area (Å²) < 4.78 is 37.2.